The molecule has 4 N–H and O–H groups in total. The van der Waals surface area contributed by atoms with E-state index in [1.807, 2.05) is 0 Å². The van der Waals surface area contributed by atoms with Gasteiger partial charge in [0.2, 0.25) is 0 Å². The number of allylic oxidation sites excluding steroid dienone is 5. The van der Waals surface area contributed by atoms with Gasteiger partial charge in [0, 0.05) is 17.2 Å². The van der Waals surface area contributed by atoms with Crippen molar-refractivity contribution >= 4 is 29.3 Å². The Labute approximate surface area is 190 Å². The Morgan fingerprint density at radius 2 is 1.65 bits per heavy atom. The molecule has 0 unspecified atom stereocenters. The molecule has 6 heteroatoms. The van der Waals surface area contributed by atoms with Crippen LogP contribution in [0.15, 0.2) is 59.2 Å². The summed E-state index contributed by atoms with van der Waals surface area (Å²) < 4.78 is 0. The van der Waals surface area contributed by atoms with E-state index in [0.29, 0.717) is 22.8 Å². The minimum atomic E-state index is -1.05. The smallest absolute Gasteiger partial charge is 0.327 e. The van der Waals surface area contributed by atoms with E-state index < -0.39 is 17.9 Å². The van der Waals surface area contributed by atoms with E-state index in [1.165, 1.54) is 28.5 Å². The Hall–Kier alpha value is -2.47. The fourth-order valence-corrected chi connectivity index (χ4v) is 3.84. The van der Waals surface area contributed by atoms with Crippen molar-refractivity contribution in [1.29, 1.82) is 0 Å². The number of aliphatic carboxylic acids is 1. The van der Waals surface area contributed by atoms with Crippen molar-refractivity contribution in [3.05, 3.63) is 64.8 Å². The summed E-state index contributed by atoms with van der Waals surface area (Å²) in [6.07, 6.45) is 10.9. The predicted octanol–water partition coefficient (Wildman–Crippen LogP) is 5.60. The number of hydrogen-bond donors (Lipinski definition) is 3. The molecule has 0 saturated carbocycles. The molecule has 5 nitrogen and oxygen atoms in total. The molecule has 0 aromatic heterocycles. The van der Waals surface area contributed by atoms with Crippen molar-refractivity contribution in [3.63, 3.8) is 0 Å². The number of para-hydroxylation sites is 1. The van der Waals surface area contributed by atoms with Crippen LogP contribution < -0.4 is 11.1 Å². The van der Waals surface area contributed by atoms with Gasteiger partial charge in [-0.15, -0.1) is 0 Å². The highest BCUT2D eigenvalue weighted by molar-refractivity contribution is 7.99. The van der Waals surface area contributed by atoms with Gasteiger partial charge in [0.05, 0.1) is 5.56 Å². The van der Waals surface area contributed by atoms with Crippen molar-refractivity contribution in [2.45, 2.75) is 59.4 Å². The van der Waals surface area contributed by atoms with E-state index in [1.54, 1.807) is 24.3 Å². The number of nitrogens with two attached hydrogens (primary N) is 1. The molecular weight excluding hydrogens is 408 g/mol. The third-order valence-electron chi connectivity index (χ3n) is 4.77. The molecule has 0 saturated heterocycles. The van der Waals surface area contributed by atoms with E-state index >= 15 is 0 Å². The van der Waals surface area contributed by atoms with Crippen LogP contribution in [-0.2, 0) is 4.79 Å². The fourth-order valence-electron chi connectivity index (χ4n) is 2.84. The number of nitrogens with one attached hydrogen (secondary N) is 1. The maximum Gasteiger partial charge on any atom is 0.327 e. The fraction of sp³-hybridized carbons (Fsp3) is 0.440. The lowest BCUT2D eigenvalue weighted by molar-refractivity contribution is -0.138. The van der Waals surface area contributed by atoms with Gasteiger partial charge in [0.1, 0.15) is 6.04 Å². The number of anilines is 1. The Kier molecular flexibility index (Phi) is 12.4. The van der Waals surface area contributed by atoms with Crippen molar-refractivity contribution < 1.29 is 14.7 Å². The number of carboxylic acid groups (broad SMARTS) is 1. The van der Waals surface area contributed by atoms with Gasteiger partial charge in [0.15, 0.2) is 0 Å². The number of carboxylic acids is 1. The Morgan fingerprint density at radius 1 is 1.03 bits per heavy atom. The van der Waals surface area contributed by atoms with Crippen LogP contribution in [0.25, 0.3) is 0 Å². The molecule has 0 aliphatic heterocycles. The van der Waals surface area contributed by atoms with Crippen LogP contribution in [0.4, 0.5) is 5.69 Å². The van der Waals surface area contributed by atoms with E-state index in [2.05, 4.69) is 51.2 Å². The molecule has 0 heterocycles. The standard InChI is InChI=1S/C25H36N2O3S/c1-18(2)9-7-10-19(3)11-8-12-20(4)15-16-31-17-23(25(29)30)27-24(28)21-13-5-6-14-22(21)26/h5-6,9,11,13-15,23H,7-8,10,12,16-17,26H2,1-4H3,(H,27,28)(H,29,30)/b19-11+,20-15+/t23-/m0/s1. The molecule has 1 atom stereocenters. The average Bonchev–Trinajstić information content (AvgIpc) is 2.70. The molecule has 1 aromatic rings. The zero-order valence-electron chi connectivity index (χ0n) is 19.1. The lowest BCUT2D eigenvalue weighted by Gasteiger charge is -2.14. The van der Waals surface area contributed by atoms with Crippen LogP contribution >= 0.6 is 11.8 Å². The van der Waals surface area contributed by atoms with Crippen LogP contribution in [0.2, 0.25) is 0 Å². The van der Waals surface area contributed by atoms with E-state index in [4.69, 9.17) is 5.73 Å². The van der Waals surface area contributed by atoms with Crippen LogP contribution in [-0.4, -0.2) is 34.5 Å². The number of carbonyl (C=O) groups is 2. The number of benzene rings is 1. The lowest BCUT2D eigenvalue weighted by Crippen LogP contribution is -2.42. The summed E-state index contributed by atoms with van der Waals surface area (Å²) in [5.41, 5.74) is 10.5. The van der Waals surface area contributed by atoms with Gasteiger partial charge in [-0.3, -0.25) is 4.79 Å². The number of amides is 1. The van der Waals surface area contributed by atoms with Gasteiger partial charge in [-0.05, 0) is 65.5 Å². The minimum absolute atomic E-state index is 0.290. The first-order valence-corrected chi connectivity index (χ1v) is 11.8. The second-order valence-electron chi connectivity index (χ2n) is 7.95. The van der Waals surface area contributed by atoms with Crippen molar-refractivity contribution in [3.8, 4) is 0 Å². The first-order chi connectivity index (χ1) is 14.7. The summed E-state index contributed by atoms with van der Waals surface area (Å²) in [6, 6.07) is 5.67. The highest BCUT2D eigenvalue weighted by Gasteiger charge is 2.21. The van der Waals surface area contributed by atoms with E-state index in [0.717, 1.165) is 25.7 Å². The number of rotatable bonds is 13. The molecule has 170 valence electrons. The average molecular weight is 445 g/mol. The Morgan fingerprint density at radius 3 is 2.26 bits per heavy atom. The second-order valence-corrected chi connectivity index (χ2v) is 9.02. The van der Waals surface area contributed by atoms with Gasteiger partial charge in [-0.2, -0.15) is 11.8 Å². The molecule has 0 aliphatic rings. The van der Waals surface area contributed by atoms with Crippen LogP contribution in [0.1, 0.15) is 63.7 Å². The summed E-state index contributed by atoms with van der Waals surface area (Å²) in [5.74, 6) is -0.516. The summed E-state index contributed by atoms with van der Waals surface area (Å²) in [4.78, 5) is 23.8. The molecule has 1 aromatic carbocycles. The number of thioether (sulfide) groups is 1. The highest BCUT2D eigenvalue weighted by Crippen LogP contribution is 2.14. The van der Waals surface area contributed by atoms with E-state index in [9.17, 15) is 14.7 Å². The van der Waals surface area contributed by atoms with Crippen molar-refractivity contribution in [2.24, 2.45) is 0 Å². The van der Waals surface area contributed by atoms with Crippen LogP contribution in [0.3, 0.4) is 0 Å². The molecule has 1 rings (SSSR count). The molecule has 1 amide bonds. The topological polar surface area (TPSA) is 92.4 Å². The predicted molar refractivity (Wildman–Crippen MR) is 132 cm³/mol. The zero-order chi connectivity index (χ0) is 23.2. The minimum Gasteiger partial charge on any atom is -0.480 e. The maximum atomic E-state index is 12.3. The number of nitrogen functional groups attached to an aromatic ring is 1. The zero-order valence-corrected chi connectivity index (χ0v) is 19.9. The second kappa shape index (κ2) is 14.5. The van der Waals surface area contributed by atoms with Gasteiger partial charge in [-0.25, -0.2) is 4.79 Å². The molecule has 0 aliphatic carbocycles. The SMILES string of the molecule is CC(C)=CCC/C(C)=C/CC/C(C)=C/CSC[C@H](NC(=O)c1ccccc1N)C(=O)O. The maximum absolute atomic E-state index is 12.3. The van der Waals surface area contributed by atoms with Crippen molar-refractivity contribution in [2.75, 3.05) is 17.2 Å². The van der Waals surface area contributed by atoms with Gasteiger partial charge >= 0.3 is 5.97 Å². The van der Waals surface area contributed by atoms with Gasteiger partial charge in [-0.1, -0.05) is 47.1 Å². The monoisotopic (exact) mass is 444 g/mol. The number of hydrogen-bond acceptors (Lipinski definition) is 4. The summed E-state index contributed by atoms with van der Waals surface area (Å²) >= 11 is 1.49. The summed E-state index contributed by atoms with van der Waals surface area (Å²) in [5, 5.41) is 12.0. The molecule has 31 heavy (non-hydrogen) atoms. The van der Waals surface area contributed by atoms with Crippen LogP contribution in [0.5, 0.6) is 0 Å². The highest BCUT2D eigenvalue weighted by atomic mass is 32.2. The molecule has 0 radical (unpaired) electrons. The third-order valence-corrected chi connectivity index (χ3v) is 5.74. The van der Waals surface area contributed by atoms with Crippen LogP contribution in [0, 0.1) is 0 Å². The lowest BCUT2D eigenvalue weighted by atomic mass is 10.1. The Balaban J connectivity index is 2.41. The first kappa shape index (κ1) is 26.6. The third kappa shape index (κ3) is 11.5. The van der Waals surface area contributed by atoms with Gasteiger partial charge < -0.3 is 16.2 Å². The quantitative estimate of drug-likeness (QED) is 0.209. The van der Waals surface area contributed by atoms with Gasteiger partial charge in [0.25, 0.3) is 5.91 Å². The molecule has 0 fully saturated rings. The molecule has 0 bridgehead atoms. The molecular formula is C25H36N2O3S. The van der Waals surface area contributed by atoms with Crippen molar-refractivity contribution in [1.82, 2.24) is 5.32 Å². The Bertz CT molecular complexity index is 824. The summed E-state index contributed by atoms with van der Waals surface area (Å²) in [6.45, 7) is 8.52. The normalized spacial score (nSPS) is 12.9. The first-order valence-electron chi connectivity index (χ1n) is 10.6. The van der Waals surface area contributed by atoms with E-state index in [-0.39, 0.29) is 0 Å². The molecule has 0 spiro atoms. The largest absolute Gasteiger partial charge is 0.480 e. The summed E-state index contributed by atoms with van der Waals surface area (Å²) in [7, 11) is 0. The number of carbonyl (C=O) groups excluding carboxylic acids is 1.